The van der Waals surface area contributed by atoms with E-state index in [-0.39, 0.29) is 11.4 Å². The van der Waals surface area contributed by atoms with Crippen LogP contribution in [0.1, 0.15) is 5.69 Å². The van der Waals surface area contributed by atoms with E-state index >= 15 is 0 Å². The number of hydrogen-bond donors (Lipinski definition) is 2. The largest absolute Gasteiger partial charge is 0.431 e. The van der Waals surface area contributed by atoms with Gasteiger partial charge in [-0.1, -0.05) is 18.7 Å². The summed E-state index contributed by atoms with van der Waals surface area (Å²) in [5.41, 5.74) is -0.135. The molecule has 0 saturated carbocycles. The summed E-state index contributed by atoms with van der Waals surface area (Å²) in [6.07, 6.45) is -1.45. The second kappa shape index (κ2) is 5.43. The highest BCUT2D eigenvalue weighted by Crippen LogP contribution is 2.30. The molecule has 0 atom stereocenters. The van der Waals surface area contributed by atoms with Gasteiger partial charge in [-0.3, -0.25) is 4.40 Å². The van der Waals surface area contributed by atoms with Crippen molar-refractivity contribution in [2.24, 2.45) is 0 Å². The summed E-state index contributed by atoms with van der Waals surface area (Å²) in [5.74, 6) is 0.219. The molecule has 2 aromatic heterocycles. The van der Waals surface area contributed by atoms with Crippen LogP contribution in [-0.2, 0) is 0 Å². The highest BCUT2D eigenvalue weighted by Gasteiger charge is 2.36. The Hall–Kier alpha value is -2.57. The lowest BCUT2D eigenvalue weighted by atomic mass is 10.2. The van der Waals surface area contributed by atoms with Crippen LogP contribution in [-0.4, -0.2) is 21.8 Å². The molecule has 0 aliphatic heterocycles. The maximum atomic E-state index is 13.2. The van der Waals surface area contributed by atoms with Gasteiger partial charge >= 0.3 is 6.18 Å². The van der Waals surface area contributed by atoms with E-state index in [1.165, 1.54) is 6.07 Å². The Morgan fingerprint density at radius 3 is 2.71 bits per heavy atom. The first-order valence-electron chi connectivity index (χ1n) is 6.03. The molecule has 110 valence electrons. The van der Waals surface area contributed by atoms with Crippen LogP contribution < -0.4 is 5.32 Å². The average molecular weight is 294 g/mol. The fourth-order valence-electron chi connectivity index (χ4n) is 1.95. The number of halogens is 3. The molecule has 0 aliphatic rings. The van der Waals surface area contributed by atoms with Gasteiger partial charge in [0.25, 0.3) is 0 Å². The number of nitrogens with zero attached hydrogens (tertiary/aromatic N) is 2. The molecule has 0 spiro atoms. The Labute approximate surface area is 119 Å². The molecular weight excluding hydrogens is 281 g/mol. The fraction of sp³-hybridized carbons (Fsp3) is 0.143. The van der Waals surface area contributed by atoms with Crippen molar-refractivity contribution in [3.05, 3.63) is 54.0 Å². The number of rotatable bonds is 4. The second-order valence-corrected chi connectivity index (χ2v) is 4.31. The number of aryl methyl sites for hydroxylation is 1. The van der Waals surface area contributed by atoms with Gasteiger partial charge in [0.1, 0.15) is 17.2 Å². The molecule has 0 unspecified atom stereocenters. The molecule has 0 fully saturated rings. The number of fused-ring (bicyclic) bond motifs is 1. The molecule has 2 rings (SSSR count). The van der Waals surface area contributed by atoms with Crippen molar-refractivity contribution in [1.82, 2.24) is 9.38 Å². The number of alkyl halides is 3. The molecule has 0 bridgehead atoms. The number of aromatic nitrogens is 2. The Bertz CT molecular complexity index is 715. The summed E-state index contributed by atoms with van der Waals surface area (Å²) >= 11 is 0. The van der Waals surface area contributed by atoms with Crippen LogP contribution in [0, 0.1) is 12.3 Å². The third kappa shape index (κ3) is 2.81. The Morgan fingerprint density at radius 2 is 2.14 bits per heavy atom. The van der Waals surface area contributed by atoms with Crippen LogP contribution in [0.4, 0.5) is 19.0 Å². The molecule has 7 heteroatoms. The van der Waals surface area contributed by atoms with Gasteiger partial charge in [-0.15, -0.1) is 0 Å². The molecule has 2 aromatic rings. The zero-order valence-electron chi connectivity index (χ0n) is 11.2. The van der Waals surface area contributed by atoms with Crippen molar-refractivity contribution in [1.29, 1.82) is 5.41 Å². The lowest BCUT2D eigenvalue weighted by Gasteiger charge is -2.17. The molecule has 4 nitrogen and oxygen atoms in total. The minimum atomic E-state index is -4.63. The summed E-state index contributed by atoms with van der Waals surface area (Å²) in [7, 11) is 0. The van der Waals surface area contributed by atoms with Crippen LogP contribution in [0.25, 0.3) is 5.65 Å². The topological polar surface area (TPSA) is 53.2 Å². The number of nitrogens with one attached hydrogen (secondary N) is 2. The zero-order chi connectivity index (χ0) is 15.6. The van der Waals surface area contributed by atoms with Gasteiger partial charge in [-0.2, -0.15) is 13.2 Å². The normalized spacial score (nSPS) is 13.0. The predicted octanol–water partition coefficient (Wildman–Crippen LogP) is 3.71. The van der Waals surface area contributed by atoms with Crippen molar-refractivity contribution in [2.75, 3.05) is 5.32 Å². The molecule has 0 aliphatic carbocycles. The zero-order valence-corrected chi connectivity index (χ0v) is 11.2. The summed E-state index contributed by atoms with van der Waals surface area (Å²) in [4.78, 5) is 4.09. The summed E-state index contributed by atoms with van der Waals surface area (Å²) in [5, 5.41) is 9.44. The van der Waals surface area contributed by atoms with Crippen LogP contribution in [0.3, 0.4) is 0 Å². The van der Waals surface area contributed by atoms with Gasteiger partial charge in [-0.05, 0) is 19.1 Å². The molecule has 2 N–H and O–H groups in total. The molecule has 0 amide bonds. The maximum absolute atomic E-state index is 13.2. The van der Waals surface area contributed by atoms with E-state index in [4.69, 9.17) is 5.41 Å². The highest BCUT2D eigenvalue weighted by atomic mass is 19.4. The quantitative estimate of drug-likeness (QED) is 0.667. The summed E-state index contributed by atoms with van der Waals surface area (Å²) < 4.78 is 41.0. The molecule has 0 radical (unpaired) electrons. The minimum Gasteiger partial charge on any atom is -0.337 e. The van der Waals surface area contributed by atoms with E-state index < -0.39 is 11.9 Å². The van der Waals surface area contributed by atoms with Crippen molar-refractivity contribution in [2.45, 2.75) is 13.1 Å². The van der Waals surface area contributed by atoms with E-state index in [1.54, 1.807) is 29.7 Å². The van der Waals surface area contributed by atoms with Gasteiger partial charge in [-0.25, -0.2) is 4.98 Å². The van der Waals surface area contributed by atoms with E-state index in [2.05, 4.69) is 16.9 Å². The lowest BCUT2D eigenvalue weighted by molar-refractivity contribution is -0.0906. The van der Waals surface area contributed by atoms with E-state index in [0.717, 1.165) is 6.08 Å². The molecule has 2 heterocycles. The Kier molecular flexibility index (Phi) is 3.84. The van der Waals surface area contributed by atoms with Crippen LogP contribution >= 0.6 is 0 Å². The van der Waals surface area contributed by atoms with E-state index in [1.807, 2.05) is 0 Å². The van der Waals surface area contributed by atoms with Crippen LogP contribution in [0.5, 0.6) is 0 Å². The molecule has 0 saturated heterocycles. The van der Waals surface area contributed by atoms with Gasteiger partial charge in [0.05, 0.1) is 0 Å². The molecular formula is C14H13F3N4. The first-order chi connectivity index (χ1) is 9.88. The predicted molar refractivity (Wildman–Crippen MR) is 75.6 cm³/mol. The number of allylic oxidation sites excluding steroid dienone is 3. The second-order valence-electron chi connectivity index (χ2n) is 4.31. The fourth-order valence-corrected chi connectivity index (χ4v) is 1.95. The number of pyridine rings is 1. The monoisotopic (exact) mass is 294 g/mol. The van der Waals surface area contributed by atoms with E-state index in [9.17, 15) is 13.2 Å². The van der Waals surface area contributed by atoms with Crippen LogP contribution in [0.15, 0.2) is 48.3 Å². The molecule has 0 aromatic carbocycles. The van der Waals surface area contributed by atoms with E-state index in [0.29, 0.717) is 17.6 Å². The van der Waals surface area contributed by atoms with Gasteiger partial charge in [0.15, 0.2) is 0 Å². The third-order valence-electron chi connectivity index (χ3n) is 2.91. The average Bonchev–Trinajstić information content (AvgIpc) is 2.80. The molecule has 21 heavy (non-hydrogen) atoms. The van der Waals surface area contributed by atoms with Crippen molar-refractivity contribution < 1.29 is 13.2 Å². The van der Waals surface area contributed by atoms with Gasteiger partial charge in [0.2, 0.25) is 0 Å². The first kappa shape index (κ1) is 14.8. The first-order valence-corrected chi connectivity index (χ1v) is 6.03. The lowest BCUT2D eigenvalue weighted by Crippen LogP contribution is -2.22. The standard InChI is InChI=1S/C14H13F3N4/c1-3-10(7-18)13(14(15,16)17)20-12-6-4-5-11-19-8-9(2)21(11)12/h3-8,18,20H,1H2,2H3/b13-10-,18-7?. The number of hydrogen-bond acceptors (Lipinski definition) is 3. The van der Waals surface area contributed by atoms with Crippen molar-refractivity contribution >= 4 is 17.7 Å². The highest BCUT2D eigenvalue weighted by molar-refractivity contribution is 5.82. The number of imidazole rings is 1. The SMILES string of the molecule is C=C/C(C=N)=C(/Nc1cccc2ncc(C)n12)C(F)(F)F. The van der Waals surface area contributed by atoms with Gasteiger partial charge in [0, 0.05) is 23.7 Å². The maximum Gasteiger partial charge on any atom is 0.431 e. The summed E-state index contributed by atoms with van der Waals surface area (Å²) in [6.45, 7) is 5.05. The third-order valence-corrected chi connectivity index (χ3v) is 2.91. The van der Waals surface area contributed by atoms with Gasteiger partial charge < -0.3 is 10.7 Å². The summed E-state index contributed by atoms with van der Waals surface area (Å²) in [6, 6.07) is 4.81. The van der Waals surface area contributed by atoms with Crippen molar-refractivity contribution in [3.8, 4) is 0 Å². The van der Waals surface area contributed by atoms with Crippen molar-refractivity contribution in [3.63, 3.8) is 0 Å². The van der Waals surface area contributed by atoms with Crippen LogP contribution in [0.2, 0.25) is 0 Å². The minimum absolute atomic E-state index is 0.219. The smallest absolute Gasteiger partial charge is 0.337 e. The Morgan fingerprint density at radius 1 is 1.43 bits per heavy atom. The Balaban J connectivity index is 2.60. The number of anilines is 1.